The average Bonchev–Trinajstić information content (AvgIpc) is 2.68. The van der Waals surface area contributed by atoms with Crippen LogP contribution in [0.2, 0.25) is 0 Å². The lowest BCUT2D eigenvalue weighted by molar-refractivity contribution is 0.150. The van der Waals surface area contributed by atoms with Crippen molar-refractivity contribution in [3.8, 4) is 5.88 Å². The lowest BCUT2D eigenvalue weighted by Gasteiger charge is -2.37. The number of aromatic nitrogens is 1. The summed E-state index contributed by atoms with van der Waals surface area (Å²) in [6.07, 6.45) is 3.52. The van der Waals surface area contributed by atoms with E-state index in [1.165, 1.54) is 6.42 Å². The molecule has 1 atom stereocenters. The van der Waals surface area contributed by atoms with E-state index in [0.717, 1.165) is 38.2 Å². The molecule has 1 aliphatic heterocycles. The molecular formula is C17H29N3O. The molecule has 4 heteroatoms. The molecule has 1 aromatic rings. The predicted molar refractivity (Wildman–Crippen MR) is 86.6 cm³/mol. The monoisotopic (exact) mass is 291 g/mol. The summed E-state index contributed by atoms with van der Waals surface area (Å²) in [4.78, 5) is 7.13. The molecule has 2 heterocycles. The Kier molecular flexibility index (Phi) is 5.59. The van der Waals surface area contributed by atoms with E-state index in [-0.39, 0.29) is 5.54 Å². The van der Waals surface area contributed by atoms with Gasteiger partial charge in [0, 0.05) is 30.7 Å². The van der Waals surface area contributed by atoms with Crippen LogP contribution in [0.15, 0.2) is 18.2 Å². The maximum absolute atomic E-state index is 5.24. The first kappa shape index (κ1) is 16.2. The van der Waals surface area contributed by atoms with E-state index in [1.54, 1.807) is 7.11 Å². The number of rotatable bonds is 5. The molecule has 0 aromatic carbocycles. The van der Waals surface area contributed by atoms with Crippen molar-refractivity contribution in [3.05, 3.63) is 23.9 Å². The number of hydrogen-bond acceptors (Lipinski definition) is 4. The zero-order valence-electron chi connectivity index (χ0n) is 13.9. The number of ether oxygens (including phenoxy) is 1. The van der Waals surface area contributed by atoms with Crippen molar-refractivity contribution >= 4 is 0 Å². The van der Waals surface area contributed by atoms with Gasteiger partial charge in [0.15, 0.2) is 0 Å². The van der Waals surface area contributed by atoms with Gasteiger partial charge in [-0.3, -0.25) is 4.90 Å². The first-order valence-electron chi connectivity index (χ1n) is 8.11. The Morgan fingerprint density at radius 1 is 1.38 bits per heavy atom. The van der Waals surface area contributed by atoms with Crippen molar-refractivity contribution in [2.45, 2.75) is 58.2 Å². The van der Waals surface area contributed by atoms with Gasteiger partial charge in [0.2, 0.25) is 5.88 Å². The minimum absolute atomic E-state index is 0.240. The van der Waals surface area contributed by atoms with Crippen LogP contribution < -0.4 is 10.1 Å². The van der Waals surface area contributed by atoms with E-state index in [4.69, 9.17) is 4.74 Å². The highest BCUT2D eigenvalue weighted by atomic mass is 16.5. The van der Waals surface area contributed by atoms with E-state index in [0.29, 0.717) is 11.9 Å². The summed E-state index contributed by atoms with van der Waals surface area (Å²) in [5.74, 6) is 0.699. The Morgan fingerprint density at radius 3 is 2.81 bits per heavy atom. The van der Waals surface area contributed by atoms with Crippen LogP contribution in [0.5, 0.6) is 5.88 Å². The van der Waals surface area contributed by atoms with Crippen molar-refractivity contribution in [2.24, 2.45) is 0 Å². The molecule has 1 aromatic heterocycles. The van der Waals surface area contributed by atoms with Gasteiger partial charge >= 0.3 is 0 Å². The normalized spacial score (nSPS) is 22.8. The highest BCUT2D eigenvalue weighted by Gasteiger charge is 2.32. The zero-order valence-corrected chi connectivity index (χ0v) is 13.9. The van der Waals surface area contributed by atoms with E-state index in [2.05, 4.69) is 42.0 Å². The molecule has 1 aliphatic rings. The highest BCUT2D eigenvalue weighted by molar-refractivity contribution is 5.16. The molecule has 0 saturated carbocycles. The summed E-state index contributed by atoms with van der Waals surface area (Å²) in [6, 6.07) is 6.59. The lowest BCUT2D eigenvalue weighted by atomic mass is 9.92. The summed E-state index contributed by atoms with van der Waals surface area (Å²) in [6.45, 7) is 9.97. The molecule has 0 aliphatic carbocycles. The molecule has 118 valence electrons. The molecule has 0 spiro atoms. The van der Waals surface area contributed by atoms with Gasteiger partial charge in [-0.1, -0.05) is 19.9 Å². The van der Waals surface area contributed by atoms with Crippen LogP contribution in [-0.2, 0) is 6.54 Å². The highest BCUT2D eigenvalue weighted by Crippen LogP contribution is 2.24. The van der Waals surface area contributed by atoms with Crippen molar-refractivity contribution in [1.29, 1.82) is 0 Å². The second-order valence-electron chi connectivity index (χ2n) is 6.13. The Labute approximate surface area is 128 Å². The van der Waals surface area contributed by atoms with Gasteiger partial charge in [0.25, 0.3) is 0 Å². The third-order valence-electron chi connectivity index (χ3n) is 4.90. The first-order chi connectivity index (χ1) is 10.1. The van der Waals surface area contributed by atoms with E-state index >= 15 is 0 Å². The van der Waals surface area contributed by atoms with Crippen LogP contribution in [-0.4, -0.2) is 41.7 Å². The van der Waals surface area contributed by atoms with E-state index < -0.39 is 0 Å². The largest absolute Gasteiger partial charge is 0.481 e. The van der Waals surface area contributed by atoms with Gasteiger partial charge in [-0.05, 0) is 38.8 Å². The third kappa shape index (κ3) is 3.95. The maximum atomic E-state index is 5.24. The number of hydrogen-bond donors (Lipinski definition) is 1. The molecule has 0 radical (unpaired) electrons. The molecule has 1 saturated heterocycles. The summed E-state index contributed by atoms with van der Waals surface area (Å²) in [7, 11) is 1.67. The van der Waals surface area contributed by atoms with Crippen LogP contribution in [0.4, 0.5) is 0 Å². The van der Waals surface area contributed by atoms with Crippen molar-refractivity contribution in [3.63, 3.8) is 0 Å². The quantitative estimate of drug-likeness (QED) is 0.905. The van der Waals surface area contributed by atoms with Crippen LogP contribution in [0, 0.1) is 0 Å². The van der Waals surface area contributed by atoms with E-state index in [9.17, 15) is 0 Å². The second kappa shape index (κ2) is 7.23. The Morgan fingerprint density at radius 2 is 2.14 bits per heavy atom. The number of nitrogens with one attached hydrogen (secondary N) is 1. The minimum atomic E-state index is 0.240. The Bertz CT molecular complexity index is 445. The second-order valence-corrected chi connectivity index (χ2v) is 6.13. The molecule has 2 rings (SSSR count). The fourth-order valence-electron chi connectivity index (χ4n) is 3.13. The van der Waals surface area contributed by atoms with Crippen LogP contribution in [0.25, 0.3) is 0 Å². The molecular weight excluding hydrogens is 262 g/mol. The zero-order chi connectivity index (χ0) is 15.3. The summed E-state index contributed by atoms with van der Waals surface area (Å²) >= 11 is 0. The predicted octanol–water partition coefficient (Wildman–Crippen LogP) is 2.83. The number of nitrogens with zero attached hydrogens (tertiary/aromatic N) is 2. The molecule has 1 N–H and O–H groups in total. The van der Waals surface area contributed by atoms with Gasteiger partial charge < -0.3 is 10.1 Å². The number of pyridine rings is 1. The Balaban J connectivity index is 2.14. The topological polar surface area (TPSA) is 37.4 Å². The van der Waals surface area contributed by atoms with Crippen molar-refractivity contribution < 1.29 is 4.74 Å². The lowest BCUT2D eigenvalue weighted by Crippen LogP contribution is -2.51. The molecule has 0 amide bonds. The van der Waals surface area contributed by atoms with Gasteiger partial charge in [-0.2, -0.15) is 0 Å². The van der Waals surface area contributed by atoms with Crippen LogP contribution in [0.1, 0.15) is 45.7 Å². The average molecular weight is 291 g/mol. The first-order valence-corrected chi connectivity index (χ1v) is 8.11. The standard InChI is InChI=1S/C17H29N3O/c1-5-17(6-2)13-20(14(3)10-11-18-17)12-15-8-7-9-16(19-15)21-4/h7-9,14,18H,5-6,10-13H2,1-4H3. The van der Waals surface area contributed by atoms with Crippen molar-refractivity contribution in [1.82, 2.24) is 15.2 Å². The summed E-state index contributed by atoms with van der Waals surface area (Å²) < 4.78 is 5.24. The van der Waals surface area contributed by atoms with Gasteiger partial charge in [0.1, 0.15) is 0 Å². The smallest absolute Gasteiger partial charge is 0.213 e. The number of methoxy groups -OCH3 is 1. The van der Waals surface area contributed by atoms with Gasteiger partial charge in [0.05, 0.1) is 12.8 Å². The van der Waals surface area contributed by atoms with Crippen LogP contribution in [0.3, 0.4) is 0 Å². The van der Waals surface area contributed by atoms with Gasteiger partial charge in [-0.25, -0.2) is 4.98 Å². The molecule has 1 fully saturated rings. The van der Waals surface area contributed by atoms with Gasteiger partial charge in [-0.15, -0.1) is 0 Å². The SMILES string of the molecule is CCC1(CC)CN(Cc2cccc(OC)n2)C(C)CCN1. The molecule has 21 heavy (non-hydrogen) atoms. The molecule has 1 unspecified atom stereocenters. The fraction of sp³-hybridized carbons (Fsp3) is 0.706. The fourth-order valence-corrected chi connectivity index (χ4v) is 3.13. The summed E-state index contributed by atoms with van der Waals surface area (Å²) in [5, 5.41) is 3.78. The minimum Gasteiger partial charge on any atom is -0.481 e. The van der Waals surface area contributed by atoms with Crippen LogP contribution >= 0.6 is 0 Å². The third-order valence-corrected chi connectivity index (χ3v) is 4.90. The Hall–Kier alpha value is -1.13. The maximum Gasteiger partial charge on any atom is 0.213 e. The van der Waals surface area contributed by atoms with Crippen molar-refractivity contribution in [2.75, 3.05) is 20.2 Å². The molecule has 0 bridgehead atoms. The molecule has 4 nitrogen and oxygen atoms in total. The summed E-state index contributed by atoms with van der Waals surface area (Å²) in [5.41, 5.74) is 1.33. The van der Waals surface area contributed by atoms with E-state index in [1.807, 2.05) is 12.1 Å².